The molecule has 19 heavy (non-hydrogen) atoms. The van der Waals surface area contributed by atoms with E-state index in [0.717, 1.165) is 6.61 Å². The van der Waals surface area contributed by atoms with Crippen LogP contribution < -0.4 is 5.32 Å². The zero-order valence-electron chi connectivity index (χ0n) is 11.9. The monoisotopic (exact) mass is 259 g/mol. The zero-order chi connectivity index (χ0) is 13.1. The van der Waals surface area contributed by atoms with Crippen LogP contribution in [0.5, 0.6) is 0 Å². The van der Waals surface area contributed by atoms with Gasteiger partial charge in [0.05, 0.1) is 6.10 Å². The van der Waals surface area contributed by atoms with E-state index < -0.39 is 0 Å². The first kappa shape index (κ1) is 13.1. The van der Waals surface area contributed by atoms with Crippen LogP contribution in [0.15, 0.2) is 24.3 Å². The van der Waals surface area contributed by atoms with Gasteiger partial charge in [-0.1, -0.05) is 30.7 Å². The summed E-state index contributed by atoms with van der Waals surface area (Å²) in [5, 5.41) is 3.83. The van der Waals surface area contributed by atoms with Gasteiger partial charge in [0.2, 0.25) is 0 Å². The van der Waals surface area contributed by atoms with Gasteiger partial charge in [-0.05, 0) is 50.2 Å². The summed E-state index contributed by atoms with van der Waals surface area (Å²) < 4.78 is 5.81. The van der Waals surface area contributed by atoms with Crippen LogP contribution in [-0.4, -0.2) is 18.8 Å². The minimum atomic E-state index is 0.412. The molecular weight excluding hydrogens is 234 g/mol. The van der Waals surface area contributed by atoms with E-state index in [2.05, 4.69) is 36.5 Å². The van der Waals surface area contributed by atoms with Crippen molar-refractivity contribution in [1.29, 1.82) is 0 Å². The van der Waals surface area contributed by atoms with Gasteiger partial charge in [-0.15, -0.1) is 0 Å². The third-order valence-electron chi connectivity index (χ3n) is 4.61. The van der Waals surface area contributed by atoms with Gasteiger partial charge in [-0.2, -0.15) is 0 Å². The quantitative estimate of drug-likeness (QED) is 0.837. The molecule has 2 nitrogen and oxygen atoms in total. The molecule has 1 aliphatic heterocycles. The van der Waals surface area contributed by atoms with E-state index >= 15 is 0 Å². The normalized spacial score (nSPS) is 28.7. The van der Waals surface area contributed by atoms with Crippen LogP contribution >= 0.6 is 0 Å². The summed E-state index contributed by atoms with van der Waals surface area (Å²) in [6.07, 6.45) is 7.99. The van der Waals surface area contributed by atoms with Gasteiger partial charge < -0.3 is 10.1 Å². The molecule has 1 fully saturated rings. The molecule has 2 aliphatic rings. The Morgan fingerprint density at radius 1 is 1.16 bits per heavy atom. The van der Waals surface area contributed by atoms with E-state index in [9.17, 15) is 0 Å². The second kappa shape index (κ2) is 6.06. The van der Waals surface area contributed by atoms with Crippen LogP contribution in [-0.2, 0) is 11.2 Å². The number of rotatable bonds is 3. The second-order valence-electron chi connectivity index (χ2n) is 6.00. The minimum absolute atomic E-state index is 0.412. The Bertz CT molecular complexity index is 411. The van der Waals surface area contributed by atoms with Gasteiger partial charge in [-0.25, -0.2) is 0 Å². The number of fused-ring (bicyclic) bond motifs is 1. The Hall–Kier alpha value is -0.860. The Balaban J connectivity index is 1.72. The molecule has 0 radical (unpaired) electrons. The lowest BCUT2D eigenvalue weighted by atomic mass is 9.97. The van der Waals surface area contributed by atoms with Gasteiger partial charge in [0.25, 0.3) is 0 Å². The van der Waals surface area contributed by atoms with Crippen molar-refractivity contribution in [1.82, 2.24) is 5.32 Å². The van der Waals surface area contributed by atoms with Gasteiger partial charge in [0, 0.05) is 18.7 Å². The number of benzene rings is 1. The van der Waals surface area contributed by atoms with Gasteiger partial charge >= 0.3 is 0 Å². The second-order valence-corrected chi connectivity index (χ2v) is 6.00. The highest BCUT2D eigenvalue weighted by molar-refractivity contribution is 5.31. The molecule has 3 atom stereocenters. The number of ether oxygens (including phenoxy) is 1. The molecule has 0 aromatic heterocycles. The van der Waals surface area contributed by atoms with Crippen molar-refractivity contribution in [2.75, 3.05) is 6.61 Å². The van der Waals surface area contributed by atoms with E-state index in [1.807, 2.05) is 0 Å². The highest BCUT2D eigenvalue weighted by atomic mass is 16.5. The molecule has 3 rings (SSSR count). The van der Waals surface area contributed by atoms with E-state index in [-0.39, 0.29) is 0 Å². The molecule has 0 spiro atoms. The highest BCUT2D eigenvalue weighted by Gasteiger charge is 2.26. The third-order valence-corrected chi connectivity index (χ3v) is 4.61. The summed E-state index contributed by atoms with van der Waals surface area (Å²) in [5.41, 5.74) is 3.06. The first-order valence-electron chi connectivity index (χ1n) is 7.80. The third kappa shape index (κ3) is 3.01. The summed E-state index contributed by atoms with van der Waals surface area (Å²) >= 11 is 0. The Labute approximate surface area is 116 Å². The standard InChI is InChI=1S/C17H25NO/c1-13(17-11-6-12-19-17)18-16-10-5-3-8-14-7-2-4-9-15(14)16/h2,4,7,9,13,16-18H,3,5-6,8,10-12H2,1H3. The van der Waals surface area contributed by atoms with Crippen LogP contribution in [0.2, 0.25) is 0 Å². The first-order chi connectivity index (χ1) is 9.34. The van der Waals surface area contributed by atoms with E-state index in [1.54, 1.807) is 0 Å². The zero-order valence-corrected chi connectivity index (χ0v) is 11.9. The van der Waals surface area contributed by atoms with E-state index in [1.165, 1.54) is 49.7 Å². The van der Waals surface area contributed by atoms with E-state index in [4.69, 9.17) is 4.74 Å². The van der Waals surface area contributed by atoms with Crippen LogP contribution in [0.3, 0.4) is 0 Å². The minimum Gasteiger partial charge on any atom is -0.377 e. The van der Waals surface area contributed by atoms with Crippen molar-refractivity contribution in [2.45, 2.75) is 63.6 Å². The molecule has 1 aromatic carbocycles. The average molecular weight is 259 g/mol. The Morgan fingerprint density at radius 2 is 2.05 bits per heavy atom. The maximum absolute atomic E-state index is 5.81. The lowest BCUT2D eigenvalue weighted by Gasteiger charge is -2.27. The number of hydrogen-bond acceptors (Lipinski definition) is 2. The Morgan fingerprint density at radius 3 is 2.89 bits per heavy atom. The number of nitrogens with one attached hydrogen (secondary N) is 1. The van der Waals surface area contributed by atoms with Crippen molar-refractivity contribution >= 4 is 0 Å². The lowest BCUT2D eigenvalue weighted by molar-refractivity contribution is 0.0791. The summed E-state index contributed by atoms with van der Waals surface area (Å²) in [6, 6.07) is 9.92. The molecule has 0 amide bonds. The van der Waals surface area contributed by atoms with Crippen LogP contribution in [0.1, 0.15) is 56.2 Å². The van der Waals surface area contributed by atoms with Crippen molar-refractivity contribution < 1.29 is 4.74 Å². The molecule has 2 heteroatoms. The summed E-state index contributed by atoms with van der Waals surface area (Å²) in [4.78, 5) is 0. The number of hydrogen-bond donors (Lipinski definition) is 1. The molecule has 1 heterocycles. The molecule has 1 aliphatic carbocycles. The van der Waals surface area contributed by atoms with Gasteiger partial charge in [0.15, 0.2) is 0 Å². The number of aryl methyl sites for hydroxylation is 1. The van der Waals surface area contributed by atoms with Crippen molar-refractivity contribution in [3.05, 3.63) is 35.4 Å². The molecule has 1 saturated heterocycles. The van der Waals surface area contributed by atoms with E-state index in [0.29, 0.717) is 18.2 Å². The molecule has 3 unspecified atom stereocenters. The predicted octanol–water partition coefficient (Wildman–Crippen LogP) is 3.61. The molecule has 0 saturated carbocycles. The largest absolute Gasteiger partial charge is 0.377 e. The van der Waals surface area contributed by atoms with Crippen molar-refractivity contribution in [2.24, 2.45) is 0 Å². The van der Waals surface area contributed by atoms with Gasteiger partial charge in [-0.3, -0.25) is 0 Å². The fraction of sp³-hybridized carbons (Fsp3) is 0.647. The maximum atomic E-state index is 5.81. The van der Waals surface area contributed by atoms with Gasteiger partial charge in [0.1, 0.15) is 0 Å². The maximum Gasteiger partial charge on any atom is 0.0726 e. The molecular formula is C17H25NO. The van der Waals surface area contributed by atoms with Crippen LogP contribution in [0.4, 0.5) is 0 Å². The summed E-state index contributed by atoms with van der Waals surface area (Å²) in [7, 11) is 0. The molecule has 1 N–H and O–H groups in total. The fourth-order valence-corrected chi connectivity index (χ4v) is 3.52. The lowest BCUT2D eigenvalue weighted by Crippen LogP contribution is -2.39. The van der Waals surface area contributed by atoms with Crippen molar-refractivity contribution in [3.63, 3.8) is 0 Å². The molecule has 0 bridgehead atoms. The SMILES string of the molecule is CC(NC1CCCCc2ccccc21)C1CCCO1. The smallest absolute Gasteiger partial charge is 0.0726 e. The predicted molar refractivity (Wildman–Crippen MR) is 78.3 cm³/mol. The first-order valence-corrected chi connectivity index (χ1v) is 7.80. The highest BCUT2D eigenvalue weighted by Crippen LogP contribution is 2.29. The summed E-state index contributed by atoms with van der Waals surface area (Å²) in [6.45, 7) is 3.22. The van der Waals surface area contributed by atoms with Crippen LogP contribution in [0.25, 0.3) is 0 Å². The summed E-state index contributed by atoms with van der Waals surface area (Å²) in [5.74, 6) is 0. The van der Waals surface area contributed by atoms with Crippen LogP contribution in [0, 0.1) is 0 Å². The van der Waals surface area contributed by atoms with Crippen molar-refractivity contribution in [3.8, 4) is 0 Å². The Kier molecular flexibility index (Phi) is 4.19. The topological polar surface area (TPSA) is 21.3 Å². The molecule has 1 aromatic rings. The fourth-order valence-electron chi connectivity index (χ4n) is 3.52. The average Bonchev–Trinajstić information content (AvgIpc) is 2.90. The molecule has 104 valence electrons.